The molecule has 6 rings (SSSR count). The third-order valence-electron chi connectivity index (χ3n) is 5.82. The number of aryl methyl sites for hydroxylation is 1. The molecule has 0 aliphatic heterocycles. The van der Waals surface area contributed by atoms with Crippen molar-refractivity contribution in [3.63, 3.8) is 0 Å². The number of furan rings is 1. The lowest BCUT2D eigenvalue weighted by atomic mass is 10.1. The second-order valence-electron chi connectivity index (χ2n) is 7.91. The van der Waals surface area contributed by atoms with Crippen molar-refractivity contribution in [2.24, 2.45) is 0 Å². The molecule has 2 aromatic heterocycles. The molecule has 0 saturated heterocycles. The number of benzene rings is 3. The van der Waals surface area contributed by atoms with Crippen molar-refractivity contribution in [2.45, 2.75) is 6.92 Å². The second-order valence-corrected chi connectivity index (χ2v) is 9.44. The van der Waals surface area contributed by atoms with Crippen LogP contribution in [0.25, 0.3) is 38.5 Å². The number of hydrogen-bond acceptors (Lipinski definition) is 4. The Balaban J connectivity index is 1.36. The van der Waals surface area contributed by atoms with E-state index in [0.717, 1.165) is 37.4 Å². The maximum Gasteiger partial charge on any atom is 0.197 e. The van der Waals surface area contributed by atoms with Crippen molar-refractivity contribution in [3.8, 4) is 11.3 Å². The van der Waals surface area contributed by atoms with E-state index in [0.29, 0.717) is 16.1 Å². The molecule has 5 heteroatoms. The molecule has 0 radical (unpaired) electrons. The number of carbonyl (C=O) groups is 2. The third kappa shape index (κ3) is 2.95. The number of rotatable bonds is 2. The number of hydrogen-bond donors (Lipinski definition) is 0. The third-order valence-corrected chi connectivity index (χ3v) is 7.24. The Morgan fingerprint density at radius 1 is 0.875 bits per heavy atom. The van der Waals surface area contributed by atoms with Crippen LogP contribution in [-0.4, -0.2) is 11.6 Å². The average molecular weight is 455 g/mol. The van der Waals surface area contributed by atoms with Crippen LogP contribution in [0, 0.1) is 6.92 Å². The summed E-state index contributed by atoms with van der Waals surface area (Å²) < 4.78 is 7.06. The SMILES string of the molecule is Cc1cc2c(cc1Cl)C(=O)/C(=C/c1cc3oc(-c4ccc5ccccc5c4)cc3s1)C2=O. The van der Waals surface area contributed by atoms with Crippen molar-refractivity contribution in [3.05, 3.63) is 98.9 Å². The fraction of sp³-hybridized carbons (Fsp3) is 0.0370. The minimum Gasteiger partial charge on any atom is -0.455 e. The molecule has 0 saturated carbocycles. The zero-order valence-electron chi connectivity index (χ0n) is 16.9. The first-order valence-corrected chi connectivity index (χ1v) is 11.3. The van der Waals surface area contributed by atoms with Gasteiger partial charge in [0, 0.05) is 32.7 Å². The van der Waals surface area contributed by atoms with Crippen LogP contribution in [0.3, 0.4) is 0 Å². The Hall–Kier alpha value is -3.47. The van der Waals surface area contributed by atoms with Gasteiger partial charge in [-0.15, -0.1) is 11.3 Å². The lowest BCUT2D eigenvalue weighted by molar-refractivity contribution is 0.0990. The molecular formula is C27H15ClO3S. The van der Waals surface area contributed by atoms with Crippen LogP contribution in [0.4, 0.5) is 0 Å². The first-order chi connectivity index (χ1) is 15.5. The molecule has 5 aromatic rings. The predicted molar refractivity (Wildman–Crippen MR) is 130 cm³/mol. The van der Waals surface area contributed by atoms with Crippen molar-refractivity contribution >= 4 is 61.6 Å². The summed E-state index contributed by atoms with van der Waals surface area (Å²) in [5.41, 5.74) is 3.48. The molecule has 0 spiro atoms. The maximum absolute atomic E-state index is 12.8. The standard InChI is InChI=1S/C27H15ClO3S/c1-14-8-19-20(12-22(14)28)27(30)21(26(19)29)10-18-11-24-25(32-18)13-23(31-24)17-7-6-15-4-2-3-5-16(15)9-17/h2-13H,1H3/b21-10+. The fourth-order valence-corrected chi connectivity index (χ4v) is 5.26. The lowest BCUT2D eigenvalue weighted by Gasteiger charge is -2.00. The number of thiophene rings is 1. The van der Waals surface area contributed by atoms with E-state index in [9.17, 15) is 9.59 Å². The number of halogens is 1. The molecule has 32 heavy (non-hydrogen) atoms. The highest BCUT2D eigenvalue weighted by Crippen LogP contribution is 2.37. The van der Waals surface area contributed by atoms with Crippen LogP contribution in [0.15, 0.2) is 76.7 Å². The van der Waals surface area contributed by atoms with Crippen molar-refractivity contribution in [1.29, 1.82) is 0 Å². The van der Waals surface area contributed by atoms with Gasteiger partial charge in [-0.25, -0.2) is 0 Å². The quantitative estimate of drug-likeness (QED) is 0.202. The van der Waals surface area contributed by atoms with Crippen molar-refractivity contribution < 1.29 is 14.0 Å². The molecule has 3 nitrogen and oxygen atoms in total. The normalized spacial score (nSPS) is 14.8. The Bertz CT molecular complexity index is 1560. The molecule has 0 bridgehead atoms. The summed E-state index contributed by atoms with van der Waals surface area (Å²) in [5, 5.41) is 2.83. The van der Waals surface area contributed by atoms with Crippen molar-refractivity contribution in [2.75, 3.05) is 0 Å². The van der Waals surface area contributed by atoms with E-state index in [2.05, 4.69) is 24.3 Å². The predicted octanol–water partition coefficient (Wildman–Crippen LogP) is 7.74. The zero-order chi connectivity index (χ0) is 22.0. The van der Waals surface area contributed by atoms with Crippen LogP contribution in [0.5, 0.6) is 0 Å². The number of ketones is 2. The largest absolute Gasteiger partial charge is 0.455 e. The van der Waals surface area contributed by atoms with E-state index in [4.69, 9.17) is 16.0 Å². The van der Waals surface area contributed by atoms with Crippen LogP contribution >= 0.6 is 22.9 Å². The Labute approximate surface area is 192 Å². The highest BCUT2D eigenvalue weighted by molar-refractivity contribution is 7.19. The summed E-state index contributed by atoms with van der Waals surface area (Å²) >= 11 is 7.65. The van der Waals surface area contributed by atoms with E-state index in [-0.39, 0.29) is 17.1 Å². The number of fused-ring (bicyclic) bond motifs is 3. The highest BCUT2D eigenvalue weighted by Gasteiger charge is 2.34. The van der Waals surface area contributed by atoms with E-state index >= 15 is 0 Å². The van der Waals surface area contributed by atoms with Crippen LogP contribution in [0.2, 0.25) is 5.02 Å². The first kappa shape index (κ1) is 19.2. The first-order valence-electron chi connectivity index (χ1n) is 10.1. The van der Waals surface area contributed by atoms with Gasteiger partial charge in [-0.05, 0) is 53.6 Å². The highest BCUT2D eigenvalue weighted by atomic mass is 35.5. The Morgan fingerprint density at radius 2 is 1.62 bits per heavy atom. The van der Waals surface area contributed by atoms with Gasteiger partial charge in [0.05, 0.1) is 10.3 Å². The molecule has 3 aromatic carbocycles. The molecular weight excluding hydrogens is 440 g/mol. The molecule has 0 atom stereocenters. The molecule has 1 aliphatic rings. The van der Waals surface area contributed by atoms with E-state index in [1.165, 1.54) is 16.7 Å². The lowest BCUT2D eigenvalue weighted by Crippen LogP contribution is -1.99. The fourth-order valence-electron chi connectivity index (χ4n) is 4.13. The van der Waals surface area contributed by atoms with Gasteiger partial charge in [-0.3, -0.25) is 9.59 Å². The molecule has 1 aliphatic carbocycles. The number of Topliss-reactive ketones (excluding diaryl/α,β-unsaturated/α-hetero) is 2. The monoisotopic (exact) mass is 454 g/mol. The minimum atomic E-state index is -0.284. The van der Waals surface area contributed by atoms with Crippen LogP contribution in [-0.2, 0) is 0 Å². The second kappa shape index (κ2) is 7.02. The summed E-state index contributed by atoms with van der Waals surface area (Å²) in [5.74, 6) is 0.252. The summed E-state index contributed by atoms with van der Waals surface area (Å²) in [6.07, 6.45) is 1.66. The van der Waals surface area contributed by atoms with Gasteiger partial charge in [0.1, 0.15) is 11.3 Å². The molecule has 0 amide bonds. The summed E-state index contributed by atoms with van der Waals surface area (Å²) in [6, 6.07) is 21.6. The zero-order valence-corrected chi connectivity index (χ0v) is 18.5. The topological polar surface area (TPSA) is 47.3 Å². The maximum atomic E-state index is 12.8. The van der Waals surface area contributed by atoms with Gasteiger partial charge in [0.2, 0.25) is 0 Å². The molecule has 154 valence electrons. The van der Waals surface area contributed by atoms with Gasteiger partial charge in [-0.1, -0.05) is 48.0 Å². The van der Waals surface area contributed by atoms with Gasteiger partial charge in [-0.2, -0.15) is 0 Å². The van der Waals surface area contributed by atoms with Gasteiger partial charge < -0.3 is 4.42 Å². The van der Waals surface area contributed by atoms with Crippen molar-refractivity contribution in [1.82, 2.24) is 0 Å². The Kier molecular flexibility index (Phi) is 4.22. The minimum absolute atomic E-state index is 0.167. The average Bonchev–Trinajstić information content (AvgIpc) is 3.42. The van der Waals surface area contributed by atoms with Gasteiger partial charge in [0.15, 0.2) is 11.6 Å². The van der Waals surface area contributed by atoms with E-state index in [1.54, 1.807) is 18.2 Å². The summed E-state index contributed by atoms with van der Waals surface area (Å²) in [6.45, 7) is 1.82. The number of allylic oxidation sites excluding steroid dienone is 1. The summed E-state index contributed by atoms with van der Waals surface area (Å²) in [4.78, 5) is 26.4. The number of carbonyl (C=O) groups excluding carboxylic acids is 2. The molecule has 0 fully saturated rings. The van der Waals surface area contributed by atoms with E-state index < -0.39 is 0 Å². The van der Waals surface area contributed by atoms with Crippen LogP contribution in [0.1, 0.15) is 31.2 Å². The molecule has 2 heterocycles. The van der Waals surface area contributed by atoms with Crippen LogP contribution < -0.4 is 0 Å². The Morgan fingerprint density at radius 3 is 2.41 bits per heavy atom. The summed E-state index contributed by atoms with van der Waals surface area (Å²) in [7, 11) is 0. The molecule has 0 N–H and O–H groups in total. The van der Waals surface area contributed by atoms with Gasteiger partial charge >= 0.3 is 0 Å². The van der Waals surface area contributed by atoms with Gasteiger partial charge in [0.25, 0.3) is 0 Å². The smallest absolute Gasteiger partial charge is 0.197 e. The van der Waals surface area contributed by atoms with E-state index in [1.807, 2.05) is 37.3 Å². The molecule has 0 unspecified atom stereocenters.